The molecule has 0 aromatic heterocycles. The first-order chi connectivity index (χ1) is 9.83. The topological polar surface area (TPSA) is 38.5 Å². The predicted octanol–water partition coefficient (Wildman–Crippen LogP) is 4.13. The van der Waals surface area contributed by atoms with Gasteiger partial charge in [-0.25, -0.2) is 0 Å². The number of hydrogen-bond donors (Lipinski definition) is 1. The molecule has 3 nitrogen and oxygen atoms in total. The molecule has 1 heterocycles. The maximum Gasteiger partial charge on any atom is 0.0721 e. The Morgan fingerprint density at radius 1 is 1.23 bits per heavy atom. The number of benzene rings is 1. The fourth-order valence-corrected chi connectivity index (χ4v) is 2.97. The van der Waals surface area contributed by atoms with Crippen LogP contribution in [0.1, 0.15) is 32.3 Å². The van der Waals surface area contributed by atoms with Gasteiger partial charge in [-0.15, -0.1) is 12.4 Å². The van der Waals surface area contributed by atoms with Crippen LogP contribution in [0.3, 0.4) is 0 Å². The summed E-state index contributed by atoms with van der Waals surface area (Å²) in [7, 11) is 0. The van der Waals surface area contributed by atoms with Crippen LogP contribution in [0.4, 0.5) is 0 Å². The third kappa shape index (κ3) is 6.61. The van der Waals surface area contributed by atoms with Gasteiger partial charge >= 0.3 is 0 Å². The summed E-state index contributed by atoms with van der Waals surface area (Å²) in [6.07, 6.45) is 2.42. The number of halogens is 3. The van der Waals surface area contributed by atoms with E-state index >= 15 is 0 Å². The number of likely N-dealkylation sites (tertiary alicyclic amines) is 1. The number of nitrogens with two attached hydrogens (primary N) is 1. The largest absolute Gasteiger partial charge is 0.373 e. The molecule has 0 spiro atoms. The lowest BCUT2D eigenvalue weighted by atomic mass is 10.0. The van der Waals surface area contributed by atoms with Crippen LogP contribution in [0.5, 0.6) is 0 Å². The molecule has 1 aliphatic heterocycles. The summed E-state index contributed by atoms with van der Waals surface area (Å²) in [6.45, 7) is 7.76. The van der Waals surface area contributed by atoms with E-state index in [9.17, 15) is 0 Å². The zero-order chi connectivity index (χ0) is 15.5. The van der Waals surface area contributed by atoms with E-state index < -0.39 is 0 Å². The van der Waals surface area contributed by atoms with Gasteiger partial charge in [-0.05, 0) is 44.4 Å². The Morgan fingerprint density at radius 3 is 2.41 bits per heavy atom. The normalized spacial score (nSPS) is 17.3. The second kappa shape index (κ2) is 8.72. The molecule has 1 saturated heterocycles. The molecule has 2 N–H and O–H groups in total. The maximum absolute atomic E-state index is 6.07. The van der Waals surface area contributed by atoms with E-state index in [2.05, 4.69) is 18.7 Å². The predicted molar refractivity (Wildman–Crippen MR) is 96.2 cm³/mol. The average molecular weight is 368 g/mol. The molecule has 1 aromatic carbocycles. The SMILES string of the molecule is CC(C)(N)CN1CCC(OCc2ccc(Cl)c(Cl)c2)CC1.Cl. The maximum atomic E-state index is 6.07. The Kier molecular flexibility index (Phi) is 7.93. The molecule has 22 heavy (non-hydrogen) atoms. The molecule has 0 radical (unpaired) electrons. The highest BCUT2D eigenvalue weighted by atomic mass is 35.5. The van der Waals surface area contributed by atoms with Crippen molar-refractivity contribution in [3.8, 4) is 0 Å². The van der Waals surface area contributed by atoms with Crippen molar-refractivity contribution in [1.82, 2.24) is 4.90 Å². The molecule has 0 atom stereocenters. The Balaban J connectivity index is 0.00000242. The van der Waals surface area contributed by atoms with Gasteiger partial charge in [-0.1, -0.05) is 29.3 Å². The molecule has 0 amide bonds. The summed E-state index contributed by atoms with van der Waals surface area (Å²) >= 11 is 11.9. The van der Waals surface area contributed by atoms with Gasteiger partial charge in [0.05, 0.1) is 22.8 Å². The van der Waals surface area contributed by atoms with E-state index in [0.717, 1.165) is 38.0 Å². The zero-order valence-electron chi connectivity index (χ0n) is 13.1. The van der Waals surface area contributed by atoms with Crippen LogP contribution in [0, 0.1) is 0 Å². The lowest BCUT2D eigenvalue weighted by Gasteiger charge is -2.35. The van der Waals surface area contributed by atoms with Gasteiger partial charge in [-0.2, -0.15) is 0 Å². The first-order valence-corrected chi connectivity index (χ1v) is 8.16. The second-order valence-corrected chi connectivity index (χ2v) is 7.34. The minimum atomic E-state index is -0.131. The van der Waals surface area contributed by atoms with Crippen molar-refractivity contribution in [3.05, 3.63) is 33.8 Å². The number of nitrogens with zero attached hydrogens (tertiary/aromatic N) is 1. The Hall–Kier alpha value is -0.0300. The van der Waals surface area contributed by atoms with Crippen LogP contribution in [0.2, 0.25) is 10.0 Å². The van der Waals surface area contributed by atoms with Gasteiger partial charge in [-0.3, -0.25) is 0 Å². The first kappa shape index (κ1) is 20.0. The van der Waals surface area contributed by atoms with Crippen LogP contribution in [0.25, 0.3) is 0 Å². The van der Waals surface area contributed by atoms with Gasteiger partial charge in [0, 0.05) is 25.2 Å². The Labute approximate surface area is 149 Å². The highest BCUT2D eigenvalue weighted by Gasteiger charge is 2.23. The van der Waals surface area contributed by atoms with Crippen LogP contribution in [0.15, 0.2) is 18.2 Å². The summed E-state index contributed by atoms with van der Waals surface area (Å²) in [5, 5.41) is 1.16. The molecule has 0 saturated carbocycles. The summed E-state index contributed by atoms with van der Waals surface area (Å²) in [6, 6.07) is 5.64. The van der Waals surface area contributed by atoms with Gasteiger partial charge in [0.1, 0.15) is 0 Å². The molecule has 6 heteroatoms. The van der Waals surface area contributed by atoms with E-state index in [1.165, 1.54) is 0 Å². The van der Waals surface area contributed by atoms with Crippen LogP contribution < -0.4 is 5.73 Å². The molecule has 1 aromatic rings. The Morgan fingerprint density at radius 2 is 1.86 bits per heavy atom. The Bertz CT molecular complexity index is 469. The minimum Gasteiger partial charge on any atom is -0.373 e. The monoisotopic (exact) mass is 366 g/mol. The quantitative estimate of drug-likeness (QED) is 0.850. The van der Waals surface area contributed by atoms with Crippen LogP contribution in [-0.4, -0.2) is 36.2 Å². The minimum absolute atomic E-state index is 0. The van der Waals surface area contributed by atoms with E-state index in [4.69, 9.17) is 33.7 Å². The highest BCUT2D eigenvalue weighted by Crippen LogP contribution is 2.24. The van der Waals surface area contributed by atoms with Gasteiger partial charge in [0.2, 0.25) is 0 Å². The van der Waals surface area contributed by atoms with E-state index in [1.807, 2.05) is 18.2 Å². The van der Waals surface area contributed by atoms with Crippen molar-refractivity contribution in [1.29, 1.82) is 0 Å². The standard InChI is InChI=1S/C16H24Cl2N2O.ClH/c1-16(2,19)11-20-7-5-13(6-8-20)21-10-12-3-4-14(17)15(18)9-12;/h3-4,9,13H,5-8,10-11,19H2,1-2H3;1H. The molecule has 126 valence electrons. The summed E-state index contributed by atoms with van der Waals surface area (Å²) in [4.78, 5) is 2.42. The summed E-state index contributed by atoms with van der Waals surface area (Å²) in [5.74, 6) is 0. The third-order valence-corrected chi connectivity index (χ3v) is 4.37. The van der Waals surface area contributed by atoms with E-state index in [1.54, 1.807) is 0 Å². The third-order valence-electron chi connectivity index (χ3n) is 3.64. The number of ether oxygens (including phenoxy) is 1. The lowest BCUT2D eigenvalue weighted by Crippen LogP contribution is -2.48. The molecule has 0 bridgehead atoms. The molecule has 1 aliphatic rings. The fourth-order valence-electron chi connectivity index (χ4n) is 2.65. The lowest BCUT2D eigenvalue weighted by molar-refractivity contribution is -0.00519. The molecular formula is C16H25Cl3N2O. The van der Waals surface area contributed by atoms with Crippen LogP contribution in [-0.2, 0) is 11.3 Å². The molecular weight excluding hydrogens is 343 g/mol. The molecule has 1 fully saturated rings. The van der Waals surface area contributed by atoms with Gasteiger partial charge in [0.25, 0.3) is 0 Å². The van der Waals surface area contributed by atoms with E-state index in [-0.39, 0.29) is 17.9 Å². The zero-order valence-corrected chi connectivity index (χ0v) is 15.5. The highest BCUT2D eigenvalue weighted by molar-refractivity contribution is 6.42. The molecule has 0 aliphatic carbocycles. The van der Waals surface area contributed by atoms with Crippen molar-refractivity contribution in [2.45, 2.75) is 44.9 Å². The second-order valence-electron chi connectivity index (χ2n) is 6.52. The van der Waals surface area contributed by atoms with E-state index in [0.29, 0.717) is 22.8 Å². The summed E-state index contributed by atoms with van der Waals surface area (Å²) < 4.78 is 5.98. The number of rotatable bonds is 5. The summed E-state index contributed by atoms with van der Waals surface area (Å²) in [5.41, 5.74) is 7.00. The average Bonchev–Trinajstić information content (AvgIpc) is 2.40. The molecule has 0 unspecified atom stereocenters. The van der Waals surface area contributed by atoms with Crippen molar-refractivity contribution in [2.24, 2.45) is 5.73 Å². The first-order valence-electron chi connectivity index (χ1n) is 7.40. The van der Waals surface area contributed by atoms with Crippen molar-refractivity contribution in [2.75, 3.05) is 19.6 Å². The van der Waals surface area contributed by atoms with Crippen LogP contribution >= 0.6 is 35.6 Å². The smallest absolute Gasteiger partial charge is 0.0721 e. The number of hydrogen-bond acceptors (Lipinski definition) is 3. The van der Waals surface area contributed by atoms with Crippen molar-refractivity contribution >= 4 is 35.6 Å². The fraction of sp³-hybridized carbons (Fsp3) is 0.625. The molecule has 2 rings (SSSR count). The van der Waals surface area contributed by atoms with Crippen molar-refractivity contribution in [3.63, 3.8) is 0 Å². The van der Waals surface area contributed by atoms with Crippen molar-refractivity contribution < 1.29 is 4.74 Å². The van der Waals surface area contributed by atoms with Gasteiger partial charge in [0.15, 0.2) is 0 Å². The number of piperidine rings is 1. The van der Waals surface area contributed by atoms with Gasteiger partial charge < -0.3 is 15.4 Å².